The molecule has 226 valence electrons. The van der Waals surface area contributed by atoms with Crippen LogP contribution in [0.4, 0.5) is 5.69 Å². The van der Waals surface area contributed by atoms with Gasteiger partial charge in [0.25, 0.3) is 23.6 Å². The molecule has 2 aromatic carbocycles. The van der Waals surface area contributed by atoms with Crippen LogP contribution in [0.2, 0.25) is 0 Å². The van der Waals surface area contributed by atoms with Crippen molar-refractivity contribution in [2.45, 2.75) is 12.2 Å². The number of nitrogen functional groups attached to an aromatic ring is 1. The lowest BCUT2D eigenvalue weighted by molar-refractivity contribution is 0.0797. The summed E-state index contributed by atoms with van der Waals surface area (Å²) in [5.74, 6) is -2.19. The highest BCUT2D eigenvalue weighted by Crippen LogP contribution is 2.34. The SMILES string of the molecule is NC(=O)c1c(I)cc(I)c(C(N)=O)c1I.Nc1c(I)c(C(=O)NCC(O)CO)c(I)c(C(=O)NCC(O)CO)c1I. The second kappa shape index (κ2) is 18.3. The van der Waals surface area contributed by atoms with Crippen molar-refractivity contribution in [2.24, 2.45) is 11.5 Å². The van der Waals surface area contributed by atoms with Crippen molar-refractivity contribution in [3.8, 4) is 0 Å². The molecule has 19 heteroatoms. The number of nitrogens with one attached hydrogen (secondary N) is 2. The van der Waals surface area contributed by atoms with Crippen molar-refractivity contribution in [2.75, 3.05) is 32.0 Å². The molecule has 2 unspecified atom stereocenters. The minimum Gasteiger partial charge on any atom is -0.397 e. The van der Waals surface area contributed by atoms with E-state index in [0.717, 1.165) is 7.14 Å². The van der Waals surface area contributed by atoms with E-state index in [0.29, 0.717) is 25.4 Å². The molecule has 0 aliphatic heterocycles. The Morgan fingerprint density at radius 2 is 0.976 bits per heavy atom. The molecule has 41 heavy (non-hydrogen) atoms. The molecule has 0 radical (unpaired) electrons. The minimum atomic E-state index is -1.10. The number of aliphatic hydroxyl groups excluding tert-OH is 4. The zero-order valence-corrected chi connectivity index (χ0v) is 33.4. The van der Waals surface area contributed by atoms with Crippen molar-refractivity contribution < 1.29 is 39.6 Å². The normalized spacial score (nSPS) is 12.0. The molecular formula is C22H23I6N5O8. The Kier molecular flexibility index (Phi) is 17.6. The topological polar surface area (TPSA) is 251 Å². The molecule has 0 saturated carbocycles. The molecule has 2 atom stereocenters. The molecule has 2 rings (SSSR count). The van der Waals surface area contributed by atoms with Crippen LogP contribution in [-0.2, 0) is 0 Å². The number of halogens is 6. The number of benzene rings is 2. The third-order valence-electron chi connectivity index (χ3n) is 4.89. The van der Waals surface area contributed by atoms with Gasteiger partial charge in [0.1, 0.15) is 0 Å². The number of primary amides is 2. The van der Waals surface area contributed by atoms with Gasteiger partial charge in [0.05, 0.1) is 60.5 Å². The summed E-state index contributed by atoms with van der Waals surface area (Å²) in [7, 11) is 0. The maximum absolute atomic E-state index is 12.5. The summed E-state index contributed by atoms with van der Waals surface area (Å²) in [4.78, 5) is 47.3. The minimum absolute atomic E-state index is 0.155. The second-order valence-electron chi connectivity index (χ2n) is 7.83. The highest BCUT2D eigenvalue weighted by Gasteiger charge is 2.27. The molecule has 0 aliphatic rings. The number of anilines is 1. The van der Waals surface area contributed by atoms with E-state index in [1.54, 1.807) is 6.07 Å². The van der Waals surface area contributed by atoms with Gasteiger partial charge in [-0.1, -0.05) is 0 Å². The van der Waals surface area contributed by atoms with E-state index in [9.17, 15) is 29.4 Å². The Morgan fingerprint density at radius 3 is 1.27 bits per heavy atom. The standard InChI is InChI=1S/C14H18I3N3O6.C8H5I3N2O2/c15-9-7(13(25)19-1-5(23)3-21)10(16)12(18)11(17)8(9)14(26)20-2-6(24)4-22;9-2-1-3(10)5(8(13)15)6(11)4(2)7(12)14/h5-6,21-24H,1-4,18H2,(H,19,25)(H,20,26);1H,(H2,12,14)(H2,13,15). The zero-order chi connectivity index (χ0) is 31.8. The third-order valence-corrected chi connectivity index (χ3v) is 11.0. The molecule has 0 heterocycles. The molecule has 0 saturated heterocycles. The highest BCUT2D eigenvalue weighted by molar-refractivity contribution is 14.1. The number of nitrogens with two attached hydrogens (primary N) is 3. The van der Waals surface area contributed by atoms with Crippen LogP contribution in [0, 0.1) is 21.4 Å². The predicted molar refractivity (Wildman–Crippen MR) is 201 cm³/mol. The first-order valence-corrected chi connectivity index (χ1v) is 17.4. The van der Waals surface area contributed by atoms with Crippen LogP contribution in [0.15, 0.2) is 6.07 Å². The van der Waals surface area contributed by atoms with Gasteiger partial charge in [0, 0.05) is 27.4 Å². The molecule has 0 aromatic heterocycles. The maximum atomic E-state index is 12.5. The van der Waals surface area contributed by atoms with Crippen molar-refractivity contribution in [1.82, 2.24) is 10.6 Å². The fraction of sp³-hybridized carbons (Fsp3) is 0.273. The van der Waals surface area contributed by atoms with E-state index >= 15 is 0 Å². The molecule has 0 aliphatic carbocycles. The Hall–Kier alpha value is 0.340. The quantitative estimate of drug-likeness (QED) is 0.121. The lowest BCUT2D eigenvalue weighted by Gasteiger charge is -2.18. The Labute approximate surface area is 316 Å². The number of carbonyl (C=O) groups is 4. The predicted octanol–water partition coefficient (Wildman–Crippen LogP) is 0.947. The molecule has 0 bridgehead atoms. The lowest BCUT2D eigenvalue weighted by Crippen LogP contribution is -2.37. The van der Waals surface area contributed by atoms with Gasteiger partial charge in [-0.2, -0.15) is 0 Å². The molecule has 4 amide bonds. The lowest BCUT2D eigenvalue weighted by atomic mass is 10.1. The first kappa shape index (κ1) is 39.4. The summed E-state index contributed by atoms with van der Waals surface area (Å²) >= 11 is 11.6. The number of hydrogen-bond acceptors (Lipinski definition) is 9. The molecule has 0 spiro atoms. The third kappa shape index (κ3) is 10.7. The van der Waals surface area contributed by atoms with Crippen LogP contribution in [0.5, 0.6) is 0 Å². The van der Waals surface area contributed by atoms with E-state index in [1.807, 2.05) is 136 Å². The average Bonchev–Trinajstić information content (AvgIpc) is 2.88. The van der Waals surface area contributed by atoms with Gasteiger partial charge >= 0.3 is 0 Å². The van der Waals surface area contributed by atoms with E-state index in [4.69, 9.17) is 27.4 Å². The van der Waals surface area contributed by atoms with Crippen LogP contribution in [0.3, 0.4) is 0 Å². The van der Waals surface area contributed by atoms with Crippen LogP contribution >= 0.6 is 136 Å². The fourth-order valence-electron chi connectivity index (χ4n) is 2.85. The molecular weight excluding hydrogens is 1220 g/mol. The molecule has 12 N–H and O–H groups in total. The van der Waals surface area contributed by atoms with Crippen molar-refractivity contribution >= 4 is 165 Å². The van der Waals surface area contributed by atoms with Gasteiger partial charge in [-0.3, -0.25) is 19.2 Å². The largest absolute Gasteiger partial charge is 0.397 e. The van der Waals surface area contributed by atoms with E-state index in [1.165, 1.54) is 0 Å². The van der Waals surface area contributed by atoms with Gasteiger partial charge in [0.15, 0.2) is 0 Å². The number of amides is 4. The number of rotatable bonds is 10. The van der Waals surface area contributed by atoms with Gasteiger partial charge < -0.3 is 48.3 Å². The second-order valence-corrected chi connectivity index (χ2v) is 14.5. The summed E-state index contributed by atoms with van der Waals surface area (Å²) in [5, 5.41) is 41.4. The summed E-state index contributed by atoms with van der Waals surface area (Å²) in [5.41, 5.74) is 17.8. The molecule has 2 aromatic rings. The Bertz CT molecular complexity index is 1260. The van der Waals surface area contributed by atoms with Gasteiger partial charge in [0.2, 0.25) is 0 Å². The summed E-state index contributed by atoms with van der Waals surface area (Å²) in [6.45, 7) is -1.30. The van der Waals surface area contributed by atoms with Crippen molar-refractivity contribution in [3.05, 3.63) is 49.7 Å². The van der Waals surface area contributed by atoms with E-state index < -0.39 is 49.1 Å². The summed E-state index contributed by atoms with van der Waals surface area (Å²) in [6.07, 6.45) is -2.20. The van der Waals surface area contributed by atoms with Crippen LogP contribution in [0.25, 0.3) is 0 Å². The molecule has 13 nitrogen and oxygen atoms in total. The smallest absolute Gasteiger partial charge is 0.253 e. The monoisotopic (exact) mass is 1250 g/mol. The molecule has 0 fully saturated rings. The van der Waals surface area contributed by atoms with Gasteiger partial charge in [-0.25, -0.2) is 0 Å². The van der Waals surface area contributed by atoms with Crippen LogP contribution in [-0.4, -0.2) is 82.6 Å². The maximum Gasteiger partial charge on any atom is 0.253 e. The Morgan fingerprint density at radius 1 is 0.659 bits per heavy atom. The first-order chi connectivity index (χ1) is 19.0. The van der Waals surface area contributed by atoms with Crippen molar-refractivity contribution in [3.63, 3.8) is 0 Å². The van der Waals surface area contributed by atoms with Crippen LogP contribution in [0.1, 0.15) is 41.4 Å². The van der Waals surface area contributed by atoms with Crippen LogP contribution < -0.4 is 27.8 Å². The fourth-order valence-corrected chi connectivity index (χ4v) is 11.4. The summed E-state index contributed by atoms with van der Waals surface area (Å²) in [6, 6.07) is 1.71. The number of carbonyl (C=O) groups excluding carboxylic acids is 4. The highest BCUT2D eigenvalue weighted by atomic mass is 127. The van der Waals surface area contributed by atoms with Gasteiger partial charge in [-0.05, 0) is 142 Å². The first-order valence-electron chi connectivity index (χ1n) is 10.9. The zero-order valence-electron chi connectivity index (χ0n) is 20.5. The van der Waals surface area contributed by atoms with E-state index in [2.05, 4.69) is 10.6 Å². The Balaban J connectivity index is 0.000000474. The average molecular weight is 1250 g/mol. The van der Waals surface area contributed by atoms with Gasteiger partial charge in [-0.15, -0.1) is 0 Å². The summed E-state index contributed by atoms with van der Waals surface area (Å²) < 4.78 is 3.23. The van der Waals surface area contributed by atoms with Crippen molar-refractivity contribution in [1.29, 1.82) is 0 Å². The number of hydrogen-bond donors (Lipinski definition) is 9. The number of aliphatic hydroxyl groups is 4. The van der Waals surface area contributed by atoms with E-state index in [-0.39, 0.29) is 29.9 Å².